The summed E-state index contributed by atoms with van der Waals surface area (Å²) in [7, 11) is 0. The zero-order valence-electron chi connectivity index (χ0n) is 11.4. The fourth-order valence-corrected chi connectivity index (χ4v) is 2.18. The Morgan fingerprint density at radius 3 is 2.29 bits per heavy atom. The molecule has 1 aromatic carbocycles. The predicted molar refractivity (Wildman–Crippen MR) is 76.8 cm³/mol. The van der Waals surface area contributed by atoms with Gasteiger partial charge in [-0.2, -0.15) is 0 Å². The molecule has 0 saturated heterocycles. The molecule has 0 fully saturated rings. The Balaban J connectivity index is 3.24. The lowest BCUT2D eigenvalue weighted by Crippen LogP contribution is -1.96. The van der Waals surface area contributed by atoms with Crippen LogP contribution in [-0.2, 0) is 12.8 Å². The van der Waals surface area contributed by atoms with Gasteiger partial charge < -0.3 is 5.73 Å². The molecule has 0 amide bonds. The average Bonchev–Trinajstić information content (AvgIpc) is 2.38. The van der Waals surface area contributed by atoms with E-state index in [1.165, 1.54) is 22.3 Å². The fourth-order valence-electron chi connectivity index (χ4n) is 2.18. The first kappa shape index (κ1) is 13.6. The molecule has 1 nitrogen and oxygen atoms in total. The van der Waals surface area contributed by atoms with Gasteiger partial charge in [0.25, 0.3) is 0 Å². The van der Waals surface area contributed by atoms with Crippen LogP contribution in [0.1, 0.15) is 44.4 Å². The Hall–Kier alpha value is -1.50. The maximum absolute atomic E-state index is 5.61. The SMILES string of the molecule is C/C=C(\C(C)=C/N)c1ccc(CC)c(CC)c1. The molecule has 2 N–H and O–H groups in total. The van der Waals surface area contributed by atoms with Crippen molar-refractivity contribution in [1.82, 2.24) is 0 Å². The van der Waals surface area contributed by atoms with E-state index in [1.807, 2.05) is 0 Å². The number of nitrogens with two attached hydrogens (primary N) is 1. The van der Waals surface area contributed by atoms with Gasteiger partial charge in [0, 0.05) is 0 Å². The van der Waals surface area contributed by atoms with Gasteiger partial charge in [0.15, 0.2) is 0 Å². The number of hydrogen-bond donors (Lipinski definition) is 1. The first-order valence-electron chi connectivity index (χ1n) is 6.35. The van der Waals surface area contributed by atoms with Gasteiger partial charge in [-0.3, -0.25) is 0 Å². The van der Waals surface area contributed by atoms with E-state index < -0.39 is 0 Å². The summed E-state index contributed by atoms with van der Waals surface area (Å²) in [4.78, 5) is 0. The van der Waals surface area contributed by atoms with E-state index in [0.717, 1.165) is 18.4 Å². The van der Waals surface area contributed by atoms with E-state index in [2.05, 4.69) is 52.0 Å². The van der Waals surface area contributed by atoms with Crippen LogP contribution in [0.2, 0.25) is 0 Å². The van der Waals surface area contributed by atoms with E-state index in [4.69, 9.17) is 5.73 Å². The summed E-state index contributed by atoms with van der Waals surface area (Å²) in [6, 6.07) is 6.73. The predicted octanol–water partition coefficient (Wildman–Crippen LogP) is 4.08. The molecular weight excluding hydrogens is 206 g/mol. The molecule has 92 valence electrons. The Bertz CT molecular complexity index is 439. The van der Waals surface area contributed by atoms with Crippen LogP contribution in [0.25, 0.3) is 5.57 Å². The standard InChI is InChI=1S/C16H23N/c1-5-13-8-9-15(10-14(13)6-2)16(7-3)12(4)11-17/h7-11H,5-6,17H2,1-4H3/b12-11-,16-7+. The first-order valence-corrected chi connectivity index (χ1v) is 6.35. The van der Waals surface area contributed by atoms with E-state index in [1.54, 1.807) is 6.20 Å². The summed E-state index contributed by atoms with van der Waals surface area (Å²) in [5.74, 6) is 0. The molecule has 0 bridgehead atoms. The monoisotopic (exact) mass is 229 g/mol. The highest BCUT2D eigenvalue weighted by Crippen LogP contribution is 2.25. The molecule has 1 heteroatoms. The van der Waals surface area contributed by atoms with Crippen LogP contribution in [0.5, 0.6) is 0 Å². The second kappa shape index (κ2) is 6.29. The highest BCUT2D eigenvalue weighted by Gasteiger charge is 2.06. The summed E-state index contributed by atoms with van der Waals surface area (Å²) in [5.41, 5.74) is 12.1. The molecule has 0 atom stereocenters. The number of benzene rings is 1. The molecule has 1 aromatic rings. The maximum Gasteiger partial charge on any atom is -0.00264 e. The van der Waals surface area contributed by atoms with E-state index in [0.29, 0.717) is 0 Å². The van der Waals surface area contributed by atoms with Crippen molar-refractivity contribution in [3.8, 4) is 0 Å². The minimum absolute atomic E-state index is 1.08. The van der Waals surface area contributed by atoms with Gasteiger partial charge >= 0.3 is 0 Å². The molecule has 0 aliphatic carbocycles. The first-order chi connectivity index (χ1) is 8.17. The minimum Gasteiger partial charge on any atom is -0.404 e. The molecule has 0 heterocycles. The van der Waals surface area contributed by atoms with Crippen molar-refractivity contribution >= 4 is 5.57 Å². The van der Waals surface area contributed by atoms with Crippen LogP contribution in [0.15, 0.2) is 36.0 Å². The fraction of sp³-hybridized carbons (Fsp3) is 0.375. The largest absolute Gasteiger partial charge is 0.404 e. The summed E-state index contributed by atoms with van der Waals surface area (Å²) < 4.78 is 0. The molecule has 0 spiro atoms. The Morgan fingerprint density at radius 1 is 1.18 bits per heavy atom. The minimum atomic E-state index is 1.08. The van der Waals surface area contributed by atoms with Crippen molar-refractivity contribution in [2.75, 3.05) is 0 Å². The topological polar surface area (TPSA) is 26.0 Å². The van der Waals surface area contributed by atoms with Gasteiger partial charge in [0.1, 0.15) is 0 Å². The van der Waals surface area contributed by atoms with Crippen LogP contribution >= 0.6 is 0 Å². The number of allylic oxidation sites excluding steroid dienone is 3. The van der Waals surface area contributed by atoms with Gasteiger partial charge in [-0.1, -0.05) is 38.1 Å². The second-order valence-corrected chi connectivity index (χ2v) is 4.24. The zero-order valence-corrected chi connectivity index (χ0v) is 11.4. The summed E-state index contributed by atoms with van der Waals surface area (Å²) >= 11 is 0. The van der Waals surface area contributed by atoms with E-state index in [9.17, 15) is 0 Å². The van der Waals surface area contributed by atoms with E-state index >= 15 is 0 Å². The summed E-state index contributed by atoms with van der Waals surface area (Å²) in [6.07, 6.45) is 5.98. The third kappa shape index (κ3) is 3.00. The third-order valence-electron chi connectivity index (χ3n) is 3.24. The number of rotatable bonds is 4. The average molecular weight is 229 g/mol. The van der Waals surface area contributed by atoms with Gasteiger partial charge in [-0.15, -0.1) is 0 Å². The van der Waals surface area contributed by atoms with Crippen LogP contribution in [0.4, 0.5) is 0 Å². The lowest BCUT2D eigenvalue weighted by atomic mass is 9.93. The van der Waals surface area contributed by atoms with Gasteiger partial charge in [-0.05, 0) is 60.7 Å². The number of aryl methyl sites for hydroxylation is 2. The van der Waals surface area contributed by atoms with Crippen molar-refractivity contribution < 1.29 is 0 Å². The van der Waals surface area contributed by atoms with Crippen molar-refractivity contribution in [3.05, 3.63) is 52.7 Å². The van der Waals surface area contributed by atoms with Crippen LogP contribution < -0.4 is 5.73 Å². The Morgan fingerprint density at radius 2 is 1.82 bits per heavy atom. The van der Waals surface area contributed by atoms with Gasteiger partial charge in [0.05, 0.1) is 0 Å². The van der Waals surface area contributed by atoms with E-state index in [-0.39, 0.29) is 0 Å². The molecule has 0 aliphatic rings. The summed E-state index contributed by atoms with van der Waals surface area (Å²) in [6.45, 7) is 8.52. The molecule has 0 aromatic heterocycles. The highest BCUT2D eigenvalue weighted by atomic mass is 14.5. The Kier molecular flexibility index (Phi) is 5.02. The molecular formula is C16H23N. The molecule has 17 heavy (non-hydrogen) atoms. The van der Waals surface area contributed by atoms with Gasteiger partial charge in [-0.25, -0.2) is 0 Å². The van der Waals surface area contributed by atoms with Crippen molar-refractivity contribution in [1.29, 1.82) is 0 Å². The normalized spacial score (nSPS) is 12.9. The van der Waals surface area contributed by atoms with Gasteiger partial charge in [0.2, 0.25) is 0 Å². The maximum atomic E-state index is 5.61. The lowest BCUT2D eigenvalue weighted by Gasteiger charge is -2.12. The Labute approximate surface area is 105 Å². The number of hydrogen-bond acceptors (Lipinski definition) is 1. The molecule has 0 radical (unpaired) electrons. The summed E-state index contributed by atoms with van der Waals surface area (Å²) in [5, 5.41) is 0. The van der Waals surface area contributed by atoms with Crippen LogP contribution in [0, 0.1) is 0 Å². The highest BCUT2D eigenvalue weighted by molar-refractivity contribution is 5.78. The second-order valence-electron chi connectivity index (χ2n) is 4.24. The van der Waals surface area contributed by atoms with Crippen LogP contribution in [0.3, 0.4) is 0 Å². The molecule has 0 saturated carbocycles. The zero-order chi connectivity index (χ0) is 12.8. The molecule has 0 aliphatic heterocycles. The van der Waals surface area contributed by atoms with Crippen molar-refractivity contribution in [2.45, 2.75) is 40.5 Å². The smallest absolute Gasteiger partial charge is 0.00264 e. The lowest BCUT2D eigenvalue weighted by molar-refractivity contribution is 1.03. The van der Waals surface area contributed by atoms with Crippen molar-refractivity contribution in [3.63, 3.8) is 0 Å². The molecule has 0 unspecified atom stereocenters. The molecule has 1 rings (SSSR count). The van der Waals surface area contributed by atoms with Crippen LogP contribution in [-0.4, -0.2) is 0 Å². The quantitative estimate of drug-likeness (QED) is 0.774. The van der Waals surface area contributed by atoms with Crippen molar-refractivity contribution in [2.24, 2.45) is 5.73 Å². The third-order valence-corrected chi connectivity index (χ3v) is 3.24.